The number of rotatable bonds is 0. The molecule has 0 saturated carbocycles. The third-order valence-corrected chi connectivity index (χ3v) is 1.52. The minimum atomic E-state index is 1.23. The van der Waals surface area contributed by atoms with Gasteiger partial charge in [0.15, 0.2) is 0 Å². The van der Waals surface area contributed by atoms with Gasteiger partial charge in [0.05, 0.1) is 0 Å². The molecule has 8 heavy (non-hydrogen) atoms. The van der Waals surface area contributed by atoms with Crippen LogP contribution in [0, 0.1) is 0 Å². The summed E-state index contributed by atoms with van der Waals surface area (Å²) in [6.45, 7) is 2.47. The summed E-state index contributed by atoms with van der Waals surface area (Å²) in [4.78, 5) is 2.36. The Kier molecular flexibility index (Phi) is 2.10. The van der Waals surface area contributed by atoms with Gasteiger partial charge in [0.2, 0.25) is 0 Å². The van der Waals surface area contributed by atoms with Crippen molar-refractivity contribution in [2.24, 2.45) is 0 Å². The van der Waals surface area contributed by atoms with Gasteiger partial charge < -0.3 is 4.90 Å². The van der Waals surface area contributed by atoms with Crippen molar-refractivity contribution in [1.29, 1.82) is 0 Å². The lowest BCUT2D eigenvalue weighted by Crippen LogP contribution is -2.18. The smallest absolute Gasteiger partial charge is 0.00130 e. The van der Waals surface area contributed by atoms with Gasteiger partial charge in [-0.2, -0.15) is 0 Å². The lowest BCUT2D eigenvalue weighted by molar-refractivity contribution is 0.354. The highest BCUT2D eigenvalue weighted by Crippen LogP contribution is 1.98. The van der Waals surface area contributed by atoms with Gasteiger partial charge in [0.1, 0.15) is 0 Å². The second kappa shape index (κ2) is 2.88. The second-order valence-corrected chi connectivity index (χ2v) is 2.35. The number of nitrogens with zero attached hydrogens (tertiary/aromatic N) is 1. The SMILES string of the molecule is CN1CCC=CCC1. The quantitative estimate of drug-likeness (QED) is 0.425. The lowest BCUT2D eigenvalue weighted by atomic mass is 10.4. The molecule has 0 atom stereocenters. The predicted molar refractivity (Wildman–Crippen MR) is 35.9 cm³/mol. The highest BCUT2D eigenvalue weighted by Gasteiger charge is 1.96. The van der Waals surface area contributed by atoms with Crippen LogP contribution in [0.3, 0.4) is 0 Å². The summed E-state index contributed by atoms with van der Waals surface area (Å²) in [6, 6.07) is 0. The van der Waals surface area contributed by atoms with Gasteiger partial charge in [-0.15, -0.1) is 0 Å². The van der Waals surface area contributed by atoms with E-state index >= 15 is 0 Å². The first kappa shape index (κ1) is 5.83. The third-order valence-electron chi connectivity index (χ3n) is 1.52. The molecule has 0 aromatic carbocycles. The van der Waals surface area contributed by atoms with Crippen molar-refractivity contribution >= 4 is 0 Å². The first-order valence-corrected chi connectivity index (χ1v) is 3.23. The van der Waals surface area contributed by atoms with E-state index in [4.69, 9.17) is 0 Å². The van der Waals surface area contributed by atoms with Crippen molar-refractivity contribution in [2.45, 2.75) is 12.8 Å². The highest BCUT2D eigenvalue weighted by molar-refractivity contribution is 4.85. The molecule has 0 aliphatic carbocycles. The van der Waals surface area contributed by atoms with E-state index in [0.717, 1.165) is 0 Å². The molecule has 0 spiro atoms. The van der Waals surface area contributed by atoms with Crippen LogP contribution in [0.25, 0.3) is 0 Å². The Morgan fingerprint density at radius 3 is 2.12 bits per heavy atom. The third kappa shape index (κ3) is 1.66. The Hall–Kier alpha value is -0.300. The highest BCUT2D eigenvalue weighted by atomic mass is 15.1. The average molecular weight is 111 g/mol. The van der Waals surface area contributed by atoms with Crippen LogP contribution in [0.15, 0.2) is 12.2 Å². The normalized spacial score (nSPS) is 23.1. The minimum absolute atomic E-state index is 1.23. The van der Waals surface area contributed by atoms with Crippen LogP contribution < -0.4 is 0 Å². The number of hydrogen-bond acceptors (Lipinski definition) is 1. The van der Waals surface area contributed by atoms with Gasteiger partial charge in [-0.25, -0.2) is 0 Å². The van der Waals surface area contributed by atoms with Gasteiger partial charge in [-0.1, -0.05) is 12.2 Å². The predicted octanol–water partition coefficient (Wildman–Crippen LogP) is 1.27. The van der Waals surface area contributed by atoms with Gasteiger partial charge in [0, 0.05) is 13.1 Å². The van der Waals surface area contributed by atoms with Crippen LogP contribution in [0.5, 0.6) is 0 Å². The summed E-state index contributed by atoms with van der Waals surface area (Å²) in [5, 5.41) is 0. The summed E-state index contributed by atoms with van der Waals surface area (Å²) in [5.41, 5.74) is 0. The van der Waals surface area contributed by atoms with Crippen LogP contribution in [-0.4, -0.2) is 25.0 Å². The maximum atomic E-state index is 2.36. The molecule has 0 fully saturated rings. The summed E-state index contributed by atoms with van der Waals surface area (Å²) < 4.78 is 0. The van der Waals surface area contributed by atoms with Gasteiger partial charge in [-0.3, -0.25) is 0 Å². The molecule has 0 aromatic heterocycles. The average Bonchev–Trinajstić information content (AvgIpc) is 1.94. The second-order valence-electron chi connectivity index (χ2n) is 2.35. The van der Waals surface area contributed by atoms with Gasteiger partial charge >= 0.3 is 0 Å². The van der Waals surface area contributed by atoms with Crippen LogP contribution >= 0.6 is 0 Å². The zero-order chi connectivity index (χ0) is 5.82. The van der Waals surface area contributed by atoms with Crippen LogP contribution in [-0.2, 0) is 0 Å². The molecule has 0 aromatic rings. The van der Waals surface area contributed by atoms with Crippen molar-refractivity contribution in [3.8, 4) is 0 Å². The first-order valence-electron chi connectivity index (χ1n) is 3.23. The molecule has 0 unspecified atom stereocenters. The maximum absolute atomic E-state index is 2.36. The molecule has 0 radical (unpaired) electrons. The summed E-state index contributed by atoms with van der Waals surface area (Å²) in [5.74, 6) is 0. The summed E-state index contributed by atoms with van der Waals surface area (Å²) in [6.07, 6.45) is 7.00. The fourth-order valence-electron chi connectivity index (χ4n) is 0.937. The van der Waals surface area contributed by atoms with E-state index in [1.165, 1.54) is 25.9 Å². The van der Waals surface area contributed by atoms with Crippen LogP contribution in [0.1, 0.15) is 12.8 Å². The van der Waals surface area contributed by atoms with Crippen LogP contribution in [0.2, 0.25) is 0 Å². The van der Waals surface area contributed by atoms with Gasteiger partial charge in [0.25, 0.3) is 0 Å². The van der Waals surface area contributed by atoms with E-state index in [0.29, 0.717) is 0 Å². The van der Waals surface area contributed by atoms with E-state index in [1.54, 1.807) is 0 Å². The molecule has 1 aliphatic heterocycles. The van der Waals surface area contributed by atoms with Crippen molar-refractivity contribution < 1.29 is 0 Å². The zero-order valence-corrected chi connectivity index (χ0v) is 5.43. The Bertz CT molecular complexity index is 76.4. The first-order chi connectivity index (χ1) is 3.89. The Labute approximate surface area is 51.0 Å². The summed E-state index contributed by atoms with van der Waals surface area (Å²) in [7, 11) is 2.17. The monoisotopic (exact) mass is 111 g/mol. The molecular weight excluding hydrogens is 98.1 g/mol. The summed E-state index contributed by atoms with van der Waals surface area (Å²) >= 11 is 0. The molecule has 0 amide bonds. The molecular formula is C7H13N. The largest absolute Gasteiger partial charge is 0.306 e. The molecule has 46 valence electrons. The maximum Gasteiger partial charge on any atom is 0.00130 e. The topological polar surface area (TPSA) is 3.24 Å². The molecule has 0 saturated heterocycles. The van der Waals surface area contributed by atoms with E-state index in [1.807, 2.05) is 0 Å². The van der Waals surface area contributed by atoms with Crippen molar-refractivity contribution in [2.75, 3.05) is 20.1 Å². The standard InChI is InChI=1S/C7H13N/c1-8-6-4-2-3-5-7-8/h2-3H,4-7H2,1H3. The van der Waals surface area contributed by atoms with E-state index in [9.17, 15) is 0 Å². The Morgan fingerprint density at radius 1 is 1.12 bits per heavy atom. The molecule has 0 N–H and O–H groups in total. The molecule has 1 aliphatic rings. The molecule has 0 bridgehead atoms. The fourth-order valence-corrected chi connectivity index (χ4v) is 0.937. The zero-order valence-electron chi connectivity index (χ0n) is 5.43. The fraction of sp³-hybridized carbons (Fsp3) is 0.714. The van der Waals surface area contributed by atoms with Crippen molar-refractivity contribution in [3.05, 3.63) is 12.2 Å². The van der Waals surface area contributed by atoms with Gasteiger partial charge in [-0.05, 0) is 19.9 Å². The molecule has 1 nitrogen and oxygen atoms in total. The molecule has 1 rings (SSSR count). The Morgan fingerprint density at radius 2 is 1.62 bits per heavy atom. The van der Waals surface area contributed by atoms with E-state index < -0.39 is 0 Å². The Balaban J connectivity index is 2.28. The molecule has 1 heteroatoms. The number of hydrogen-bond donors (Lipinski definition) is 0. The van der Waals surface area contributed by atoms with Crippen LogP contribution in [0.4, 0.5) is 0 Å². The van der Waals surface area contributed by atoms with Crippen molar-refractivity contribution in [1.82, 2.24) is 4.90 Å². The van der Waals surface area contributed by atoms with E-state index in [2.05, 4.69) is 24.1 Å². The van der Waals surface area contributed by atoms with Crippen molar-refractivity contribution in [3.63, 3.8) is 0 Å². The lowest BCUT2D eigenvalue weighted by Gasteiger charge is -2.10. The minimum Gasteiger partial charge on any atom is -0.306 e. The van der Waals surface area contributed by atoms with E-state index in [-0.39, 0.29) is 0 Å². The molecule has 1 heterocycles.